The third-order valence-electron chi connectivity index (χ3n) is 4.49. The molecule has 2 rings (SSSR count). The zero-order valence-corrected chi connectivity index (χ0v) is 20.0. The van der Waals surface area contributed by atoms with Gasteiger partial charge >= 0.3 is 0 Å². The van der Waals surface area contributed by atoms with E-state index in [9.17, 15) is 4.79 Å². The summed E-state index contributed by atoms with van der Waals surface area (Å²) < 4.78 is 6.60. The molecule has 30 heavy (non-hydrogen) atoms. The zero-order valence-electron chi connectivity index (χ0n) is 18.4. The highest BCUT2D eigenvalue weighted by Crippen LogP contribution is 2.36. The van der Waals surface area contributed by atoms with Crippen LogP contribution in [0.5, 0.6) is 5.75 Å². The van der Waals surface area contributed by atoms with Gasteiger partial charge in [-0.1, -0.05) is 80.9 Å². The molecule has 0 spiro atoms. The van der Waals surface area contributed by atoms with Gasteiger partial charge in [-0.25, -0.2) is 5.43 Å². The number of ether oxygens (including phenoxy) is 1. The van der Waals surface area contributed by atoms with E-state index in [0.717, 1.165) is 16.5 Å². The molecule has 0 aliphatic rings. The minimum atomic E-state index is -0.305. The predicted molar refractivity (Wildman–Crippen MR) is 129 cm³/mol. The van der Waals surface area contributed by atoms with Crippen LogP contribution in [0.4, 0.5) is 0 Å². The normalized spacial score (nSPS) is 12.5. The number of nitrogens with one attached hydrogen (secondary N) is 1. The molecule has 0 atom stereocenters. The van der Waals surface area contributed by atoms with Crippen LogP contribution in [0, 0.1) is 5.41 Å². The lowest BCUT2D eigenvalue weighted by molar-refractivity contribution is -0.123. The molecule has 2 aromatic carbocycles. The molecule has 1 amide bonds. The van der Waals surface area contributed by atoms with Crippen molar-refractivity contribution >= 4 is 34.1 Å². The van der Waals surface area contributed by atoms with Gasteiger partial charge in [-0.05, 0) is 58.7 Å². The van der Waals surface area contributed by atoms with Crippen molar-refractivity contribution < 1.29 is 9.53 Å². The van der Waals surface area contributed by atoms with Gasteiger partial charge in [0, 0.05) is 10.7 Å². The van der Waals surface area contributed by atoms with Crippen LogP contribution in [0.25, 0.3) is 6.08 Å². The molecule has 4 nitrogen and oxygen atoms in total. The van der Waals surface area contributed by atoms with E-state index in [1.54, 1.807) is 6.08 Å². The van der Waals surface area contributed by atoms with Crippen molar-refractivity contribution in [2.24, 2.45) is 10.5 Å². The second-order valence-electron chi connectivity index (χ2n) is 9.16. The van der Waals surface area contributed by atoms with Crippen molar-refractivity contribution in [2.75, 3.05) is 6.61 Å². The standard InChI is InChI=1S/C25H31BrN2O2/c1-24(2,3)18-25(4,5)20-10-14-22(15-11-20)30-17-23(29)28-27-16-6-7-19-8-12-21(26)13-9-19/h6-16H,17-18H2,1-5H3,(H,28,29). The minimum Gasteiger partial charge on any atom is -0.484 e. The first-order chi connectivity index (χ1) is 14.0. The highest BCUT2D eigenvalue weighted by atomic mass is 79.9. The van der Waals surface area contributed by atoms with E-state index < -0.39 is 0 Å². The van der Waals surface area contributed by atoms with Crippen molar-refractivity contribution in [1.82, 2.24) is 5.43 Å². The summed E-state index contributed by atoms with van der Waals surface area (Å²) >= 11 is 3.40. The largest absolute Gasteiger partial charge is 0.484 e. The van der Waals surface area contributed by atoms with E-state index >= 15 is 0 Å². The number of hydrazone groups is 1. The van der Waals surface area contributed by atoms with Gasteiger partial charge in [0.05, 0.1) is 0 Å². The SMILES string of the molecule is CC(C)(C)CC(C)(C)c1ccc(OCC(=O)NN=CC=Cc2ccc(Br)cc2)cc1. The molecule has 5 heteroatoms. The smallest absolute Gasteiger partial charge is 0.277 e. The van der Waals surface area contributed by atoms with Crippen LogP contribution in [0.2, 0.25) is 0 Å². The van der Waals surface area contributed by atoms with Crippen LogP contribution >= 0.6 is 15.9 Å². The lowest BCUT2D eigenvalue weighted by atomic mass is 9.72. The van der Waals surface area contributed by atoms with E-state index in [1.807, 2.05) is 42.5 Å². The number of allylic oxidation sites excluding steroid dienone is 1. The summed E-state index contributed by atoms with van der Waals surface area (Å²) in [4.78, 5) is 11.9. The molecular weight excluding hydrogens is 440 g/mol. The average molecular weight is 471 g/mol. The minimum absolute atomic E-state index is 0.0760. The van der Waals surface area contributed by atoms with Crippen molar-refractivity contribution in [2.45, 2.75) is 46.5 Å². The summed E-state index contributed by atoms with van der Waals surface area (Å²) in [5, 5.41) is 3.90. The van der Waals surface area contributed by atoms with E-state index in [0.29, 0.717) is 5.75 Å². The van der Waals surface area contributed by atoms with Crippen molar-refractivity contribution in [3.05, 3.63) is 70.2 Å². The molecule has 1 N–H and O–H groups in total. The molecule has 0 aliphatic carbocycles. The Balaban J connectivity index is 1.78. The zero-order chi connectivity index (χ0) is 22.2. The average Bonchev–Trinajstić information content (AvgIpc) is 2.66. The maximum atomic E-state index is 11.9. The summed E-state index contributed by atoms with van der Waals surface area (Å²) in [6, 6.07) is 15.9. The fourth-order valence-corrected chi connectivity index (χ4v) is 3.76. The third-order valence-corrected chi connectivity index (χ3v) is 5.02. The van der Waals surface area contributed by atoms with Crippen LogP contribution < -0.4 is 10.2 Å². The van der Waals surface area contributed by atoms with Crippen molar-refractivity contribution in [1.29, 1.82) is 0 Å². The molecule has 0 aliphatic heterocycles. The molecule has 0 aromatic heterocycles. The molecule has 0 bridgehead atoms. The van der Waals surface area contributed by atoms with Crippen LogP contribution in [-0.4, -0.2) is 18.7 Å². The first kappa shape index (κ1) is 23.9. The van der Waals surface area contributed by atoms with Crippen molar-refractivity contribution in [3.63, 3.8) is 0 Å². The maximum Gasteiger partial charge on any atom is 0.277 e. The number of benzene rings is 2. The highest BCUT2D eigenvalue weighted by molar-refractivity contribution is 9.10. The molecule has 0 radical (unpaired) electrons. The topological polar surface area (TPSA) is 50.7 Å². The molecular formula is C25H31BrN2O2. The Morgan fingerprint density at radius 3 is 2.27 bits per heavy atom. The first-order valence-corrected chi connectivity index (χ1v) is 10.8. The Morgan fingerprint density at radius 2 is 1.67 bits per heavy atom. The third kappa shape index (κ3) is 8.54. The summed E-state index contributed by atoms with van der Waals surface area (Å²) in [5.41, 5.74) is 5.10. The molecule has 0 heterocycles. The number of halogens is 1. The van der Waals surface area contributed by atoms with Gasteiger partial charge in [-0.3, -0.25) is 4.79 Å². The Morgan fingerprint density at radius 1 is 1.03 bits per heavy atom. The van der Waals surface area contributed by atoms with Crippen LogP contribution in [0.15, 0.2) is 64.2 Å². The van der Waals surface area contributed by atoms with Crippen molar-refractivity contribution in [3.8, 4) is 5.75 Å². The van der Waals surface area contributed by atoms with Gasteiger partial charge in [0.15, 0.2) is 6.61 Å². The molecule has 0 unspecified atom stereocenters. The second kappa shape index (κ2) is 10.6. The molecule has 2 aromatic rings. The van der Waals surface area contributed by atoms with Crippen LogP contribution in [0.1, 0.15) is 52.2 Å². The fourth-order valence-electron chi connectivity index (χ4n) is 3.49. The number of amides is 1. The number of hydrogen-bond donors (Lipinski definition) is 1. The Hall–Kier alpha value is -2.40. The highest BCUT2D eigenvalue weighted by Gasteiger charge is 2.27. The fraction of sp³-hybridized carbons (Fsp3) is 0.360. The lowest BCUT2D eigenvalue weighted by Crippen LogP contribution is -2.25. The predicted octanol–water partition coefficient (Wildman–Crippen LogP) is 6.36. The Kier molecular flexibility index (Phi) is 8.42. The van der Waals surface area contributed by atoms with E-state index in [2.05, 4.69) is 73.2 Å². The number of carbonyl (C=O) groups excluding carboxylic acids is 1. The van der Waals surface area contributed by atoms with Gasteiger partial charge in [-0.15, -0.1) is 0 Å². The number of carbonyl (C=O) groups is 1. The Labute approximate surface area is 188 Å². The Bertz CT molecular complexity index is 877. The van der Waals surface area contributed by atoms with Crippen LogP contribution in [-0.2, 0) is 10.2 Å². The van der Waals surface area contributed by atoms with E-state index in [4.69, 9.17) is 4.74 Å². The van der Waals surface area contributed by atoms with Gasteiger partial charge in [0.25, 0.3) is 5.91 Å². The summed E-state index contributed by atoms with van der Waals surface area (Å²) in [6.45, 7) is 11.2. The summed E-state index contributed by atoms with van der Waals surface area (Å²) in [6.07, 6.45) is 6.28. The second-order valence-corrected chi connectivity index (χ2v) is 10.1. The maximum absolute atomic E-state index is 11.9. The van der Waals surface area contributed by atoms with E-state index in [-0.39, 0.29) is 23.3 Å². The first-order valence-electron chi connectivity index (χ1n) is 10.0. The molecule has 0 saturated heterocycles. The monoisotopic (exact) mass is 470 g/mol. The summed E-state index contributed by atoms with van der Waals surface area (Å²) in [7, 11) is 0. The van der Waals surface area contributed by atoms with Gasteiger partial charge in [0.2, 0.25) is 0 Å². The number of hydrogen-bond acceptors (Lipinski definition) is 3. The molecule has 0 saturated carbocycles. The molecule has 0 fully saturated rings. The van der Waals surface area contributed by atoms with Gasteiger partial charge < -0.3 is 4.74 Å². The van der Waals surface area contributed by atoms with Gasteiger partial charge in [-0.2, -0.15) is 5.10 Å². The number of rotatable bonds is 8. The number of nitrogens with zero attached hydrogens (tertiary/aromatic N) is 1. The quantitative estimate of drug-likeness (QED) is 0.360. The van der Waals surface area contributed by atoms with Crippen LogP contribution in [0.3, 0.4) is 0 Å². The molecule has 160 valence electrons. The van der Waals surface area contributed by atoms with Gasteiger partial charge in [0.1, 0.15) is 5.75 Å². The summed E-state index contributed by atoms with van der Waals surface area (Å²) in [5.74, 6) is 0.361. The van der Waals surface area contributed by atoms with E-state index in [1.165, 1.54) is 11.8 Å². The lowest BCUT2D eigenvalue weighted by Gasteiger charge is -2.33.